The molecule has 100 valence electrons. The summed E-state index contributed by atoms with van der Waals surface area (Å²) in [5.41, 5.74) is 0.864. The van der Waals surface area contributed by atoms with Gasteiger partial charge < -0.3 is 4.74 Å². The molecule has 0 radical (unpaired) electrons. The number of carbonyl (C=O) groups is 1. The molecular weight excluding hydrogens is 242 g/mol. The number of hydrogen-bond acceptors (Lipinski definition) is 3. The Kier molecular flexibility index (Phi) is 5.54. The lowest BCUT2D eigenvalue weighted by molar-refractivity contribution is 0.0600. The highest BCUT2D eigenvalue weighted by Gasteiger charge is 2.07. The van der Waals surface area contributed by atoms with Gasteiger partial charge in [-0.25, -0.2) is 4.79 Å². The molecule has 0 saturated carbocycles. The van der Waals surface area contributed by atoms with E-state index >= 15 is 0 Å². The van der Waals surface area contributed by atoms with Gasteiger partial charge in [0.2, 0.25) is 0 Å². The van der Waals surface area contributed by atoms with Crippen molar-refractivity contribution in [3.05, 3.63) is 64.6 Å². The average Bonchev–Trinajstić information content (AvgIpc) is 2.50. The van der Waals surface area contributed by atoms with Gasteiger partial charge in [0, 0.05) is 18.0 Å². The van der Waals surface area contributed by atoms with Gasteiger partial charge in [0.25, 0.3) is 5.56 Å². The lowest BCUT2D eigenvalue weighted by Gasteiger charge is -2.06. The fraction of sp³-hybridized carbons (Fsp3) is 0.200. The van der Waals surface area contributed by atoms with Crippen LogP contribution in [-0.4, -0.2) is 17.6 Å². The van der Waals surface area contributed by atoms with Gasteiger partial charge in [0.1, 0.15) is 0 Å². The Labute approximate surface area is 112 Å². The summed E-state index contributed by atoms with van der Waals surface area (Å²) in [4.78, 5) is 23.1. The number of esters is 1. The summed E-state index contributed by atoms with van der Waals surface area (Å²) in [5.74, 6) is -0.463. The van der Waals surface area contributed by atoms with Crippen molar-refractivity contribution in [2.75, 3.05) is 7.11 Å². The zero-order chi connectivity index (χ0) is 14.3. The minimum atomic E-state index is -0.463. The number of ether oxygens (including phenoxy) is 1. The van der Waals surface area contributed by atoms with Crippen molar-refractivity contribution in [1.82, 2.24) is 4.57 Å². The number of carbonyl (C=O) groups excluding carboxylic acids is 1. The third-order valence-corrected chi connectivity index (χ3v) is 2.37. The first-order valence-corrected chi connectivity index (χ1v) is 6.09. The maximum Gasteiger partial charge on any atom is 0.339 e. The van der Waals surface area contributed by atoms with E-state index in [0.717, 1.165) is 0 Å². The van der Waals surface area contributed by atoms with Crippen LogP contribution in [0.25, 0.3) is 5.69 Å². The predicted molar refractivity (Wildman–Crippen MR) is 74.7 cm³/mol. The van der Waals surface area contributed by atoms with Crippen LogP contribution in [0.1, 0.15) is 24.2 Å². The third kappa shape index (κ3) is 3.55. The van der Waals surface area contributed by atoms with Crippen molar-refractivity contribution < 1.29 is 9.53 Å². The Bertz CT molecular complexity index is 588. The molecule has 2 rings (SSSR count). The highest BCUT2D eigenvalue weighted by molar-refractivity contribution is 5.88. The lowest BCUT2D eigenvalue weighted by atomic mass is 10.2. The van der Waals surface area contributed by atoms with E-state index < -0.39 is 5.97 Å². The number of pyridine rings is 1. The van der Waals surface area contributed by atoms with Crippen molar-refractivity contribution in [1.29, 1.82) is 0 Å². The fourth-order valence-corrected chi connectivity index (χ4v) is 1.52. The molecule has 0 spiro atoms. The molecule has 0 aliphatic heterocycles. The van der Waals surface area contributed by atoms with Gasteiger partial charge in [-0.15, -0.1) is 0 Å². The van der Waals surface area contributed by atoms with Crippen molar-refractivity contribution >= 4 is 5.97 Å². The second-order valence-corrected chi connectivity index (χ2v) is 3.45. The molecule has 0 unspecified atom stereocenters. The third-order valence-electron chi connectivity index (χ3n) is 2.37. The molecule has 1 aromatic carbocycles. The summed E-state index contributed by atoms with van der Waals surface area (Å²) in [5, 5.41) is 0. The molecule has 0 fully saturated rings. The van der Waals surface area contributed by atoms with Crippen molar-refractivity contribution in [3.63, 3.8) is 0 Å². The van der Waals surface area contributed by atoms with Crippen LogP contribution < -0.4 is 5.56 Å². The molecule has 1 aromatic heterocycles. The highest BCUT2D eigenvalue weighted by Crippen LogP contribution is 2.06. The van der Waals surface area contributed by atoms with E-state index in [1.54, 1.807) is 12.1 Å². The first-order valence-electron chi connectivity index (χ1n) is 6.09. The largest absolute Gasteiger partial charge is 0.465 e. The van der Waals surface area contributed by atoms with Crippen LogP contribution in [0.15, 0.2) is 53.5 Å². The SMILES string of the molecule is CC.COC(=O)c1ccc(=O)n(-c2ccccc2)c1. The Balaban J connectivity index is 0.000000861. The molecule has 4 heteroatoms. The van der Waals surface area contributed by atoms with Gasteiger partial charge in [0.15, 0.2) is 0 Å². The quantitative estimate of drug-likeness (QED) is 0.779. The van der Waals surface area contributed by atoms with Crippen LogP contribution in [0.5, 0.6) is 0 Å². The van der Waals surface area contributed by atoms with Gasteiger partial charge in [0.05, 0.1) is 12.7 Å². The topological polar surface area (TPSA) is 48.3 Å². The van der Waals surface area contributed by atoms with Crippen molar-refractivity contribution in [2.45, 2.75) is 13.8 Å². The molecule has 0 amide bonds. The molecule has 0 N–H and O–H groups in total. The number of methoxy groups -OCH3 is 1. The Hall–Kier alpha value is -2.36. The highest BCUT2D eigenvalue weighted by atomic mass is 16.5. The molecule has 0 saturated heterocycles. The van der Waals surface area contributed by atoms with E-state index in [0.29, 0.717) is 11.3 Å². The van der Waals surface area contributed by atoms with E-state index in [2.05, 4.69) is 4.74 Å². The van der Waals surface area contributed by atoms with Crippen LogP contribution in [0.4, 0.5) is 0 Å². The van der Waals surface area contributed by atoms with E-state index in [1.807, 2.05) is 32.0 Å². The minimum Gasteiger partial charge on any atom is -0.465 e. The normalized spacial score (nSPS) is 9.21. The van der Waals surface area contributed by atoms with Crippen LogP contribution in [-0.2, 0) is 4.74 Å². The maximum absolute atomic E-state index is 11.7. The standard InChI is InChI=1S/C13H11NO3.C2H6/c1-17-13(16)10-7-8-12(15)14(9-10)11-5-3-2-4-6-11;1-2/h2-9H,1H3;1-2H3. The van der Waals surface area contributed by atoms with Crippen LogP contribution >= 0.6 is 0 Å². The van der Waals surface area contributed by atoms with Crippen molar-refractivity contribution in [2.24, 2.45) is 0 Å². The lowest BCUT2D eigenvalue weighted by Crippen LogP contribution is -2.18. The summed E-state index contributed by atoms with van der Waals surface area (Å²) in [7, 11) is 1.31. The summed E-state index contributed by atoms with van der Waals surface area (Å²) >= 11 is 0. The van der Waals surface area contributed by atoms with E-state index in [4.69, 9.17) is 0 Å². The van der Waals surface area contributed by atoms with Gasteiger partial charge in [-0.05, 0) is 18.2 Å². The zero-order valence-corrected chi connectivity index (χ0v) is 11.3. The molecule has 2 aromatic rings. The molecule has 0 aliphatic carbocycles. The maximum atomic E-state index is 11.7. The van der Waals surface area contributed by atoms with E-state index in [-0.39, 0.29) is 5.56 Å². The first kappa shape index (κ1) is 14.7. The smallest absolute Gasteiger partial charge is 0.339 e. The van der Waals surface area contributed by atoms with Crippen molar-refractivity contribution in [3.8, 4) is 5.69 Å². The molecule has 19 heavy (non-hydrogen) atoms. The molecule has 4 nitrogen and oxygen atoms in total. The Morgan fingerprint density at radius 1 is 1.05 bits per heavy atom. The first-order chi connectivity index (χ1) is 9.22. The fourth-order valence-electron chi connectivity index (χ4n) is 1.52. The number of aromatic nitrogens is 1. The van der Waals surface area contributed by atoms with Gasteiger partial charge in [-0.3, -0.25) is 9.36 Å². The van der Waals surface area contributed by atoms with E-state index in [9.17, 15) is 9.59 Å². The van der Waals surface area contributed by atoms with Gasteiger partial charge in [-0.2, -0.15) is 0 Å². The van der Waals surface area contributed by atoms with Crippen LogP contribution in [0.3, 0.4) is 0 Å². The predicted octanol–water partition coefficient (Wildman–Crippen LogP) is 2.65. The summed E-state index contributed by atoms with van der Waals surface area (Å²) in [6, 6.07) is 11.9. The van der Waals surface area contributed by atoms with Crippen LogP contribution in [0.2, 0.25) is 0 Å². The molecule has 0 atom stereocenters. The Morgan fingerprint density at radius 2 is 1.68 bits per heavy atom. The minimum absolute atomic E-state index is 0.191. The summed E-state index contributed by atoms with van der Waals surface area (Å²) < 4.78 is 6.02. The van der Waals surface area contributed by atoms with Crippen LogP contribution in [0, 0.1) is 0 Å². The Morgan fingerprint density at radius 3 is 2.26 bits per heavy atom. The van der Waals surface area contributed by atoms with Gasteiger partial charge >= 0.3 is 5.97 Å². The van der Waals surface area contributed by atoms with Gasteiger partial charge in [-0.1, -0.05) is 32.0 Å². The monoisotopic (exact) mass is 259 g/mol. The molecule has 1 heterocycles. The number of nitrogens with zero attached hydrogens (tertiary/aromatic N) is 1. The summed E-state index contributed by atoms with van der Waals surface area (Å²) in [6.07, 6.45) is 1.48. The zero-order valence-electron chi connectivity index (χ0n) is 11.3. The molecule has 0 aliphatic rings. The summed E-state index contributed by atoms with van der Waals surface area (Å²) in [6.45, 7) is 4.00. The number of benzene rings is 1. The number of hydrogen-bond donors (Lipinski definition) is 0. The number of rotatable bonds is 2. The number of para-hydroxylation sites is 1. The molecular formula is C15H17NO3. The molecule has 0 bridgehead atoms. The second kappa shape index (κ2) is 7.16. The average molecular weight is 259 g/mol. The second-order valence-electron chi connectivity index (χ2n) is 3.45. The van der Waals surface area contributed by atoms with E-state index in [1.165, 1.54) is 30.0 Å².